The Morgan fingerprint density at radius 1 is 1.09 bits per heavy atom. The number of carbonyl (C=O) groups excluding carboxylic acids is 1. The first kappa shape index (κ1) is 31.5. The Morgan fingerprint density at radius 3 is 2.50 bits per heavy atom. The van der Waals surface area contributed by atoms with Crippen molar-refractivity contribution >= 4 is 23.1 Å². The molecule has 6 rings (SSSR count). The predicted octanol–water partition coefficient (Wildman–Crippen LogP) is 3.43. The third-order valence-electron chi connectivity index (χ3n) is 8.71. The van der Waals surface area contributed by atoms with E-state index >= 15 is 0 Å². The van der Waals surface area contributed by atoms with Crippen molar-refractivity contribution in [1.29, 1.82) is 5.26 Å². The average Bonchev–Trinajstić information content (AvgIpc) is 3.04. The molecule has 2 N–H and O–H groups in total. The zero-order valence-electron chi connectivity index (χ0n) is 25.0. The molecule has 0 spiro atoms. The van der Waals surface area contributed by atoms with Gasteiger partial charge in [-0.05, 0) is 48.5 Å². The number of amides is 1. The van der Waals surface area contributed by atoms with Gasteiger partial charge in [0, 0.05) is 68.8 Å². The van der Waals surface area contributed by atoms with Crippen LogP contribution in [0.2, 0.25) is 0 Å². The van der Waals surface area contributed by atoms with E-state index < -0.39 is 37.3 Å². The van der Waals surface area contributed by atoms with E-state index in [-0.39, 0.29) is 24.3 Å². The molecule has 0 unspecified atom stereocenters. The highest BCUT2D eigenvalue weighted by Crippen LogP contribution is 2.37. The number of nitrogens with one attached hydrogen (secondary N) is 1. The smallest absolute Gasteiger partial charge is 0.397 e. The van der Waals surface area contributed by atoms with Crippen molar-refractivity contribution in [3.05, 3.63) is 60.3 Å². The second kappa shape index (κ2) is 13.5. The lowest BCUT2D eigenvalue weighted by atomic mass is 9.93. The van der Waals surface area contributed by atoms with E-state index in [0.717, 1.165) is 55.7 Å². The molecule has 3 fully saturated rings. The van der Waals surface area contributed by atoms with Crippen molar-refractivity contribution in [2.24, 2.45) is 5.92 Å². The molecule has 4 heterocycles. The molecule has 2 aromatic carbocycles. The van der Waals surface area contributed by atoms with E-state index in [9.17, 15) is 23.2 Å². The van der Waals surface area contributed by atoms with Gasteiger partial charge in [-0.1, -0.05) is 0 Å². The van der Waals surface area contributed by atoms with Crippen LogP contribution in [-0.4, -0.2) is 108 Å². The van der Waals surface area contributed by atoms with Gasteiger partial charge in [0.05, 0.1) is 24.8 Å². The van der Waals surface area contributed by atoms with Gasteiger partial charge in [-0.15, -0.1) is 0 Å². The van der Waals surface area contributed by atoms with Gasteiger partial charge in [-0.25, -0.2) is 9.97 Å². The molecule has 0 saturated carbocycles. The fraction of sp³-hybridized carbons (Fsp3) is 0.438. The second-order valence-electron chi connectivity index (χ2n) is 11.6. The number of anilines is 3. The molecule has 1 amide bonds. The molecule has 3 aliphatic heterocycles. The van der Waals surface area contributed by atoms with E-state index in [0.29, 0.717) is 23.2 Å². The highest BCUT2D eigenvalue weighted by Gasteiger charge is 2.49. The molecule has 14 heteroatoms. The molecule has 0 bridgehead atoms. The Kier molecular flexibility index (Phi) is 9.25. The first-order valence-electron chi connectivity index (χ1n) is 15.1. The summed E-state index contributed by atoms with van der Waals surface area (Å²) < 4.78 is 52.7. The summed E-state index contributed by atoms with van der Waals surface area (Å²) in [6, 6.07) is 16.9. The lowest BCUT2D eigenvalue weighted by Crippen LogP contribution is -2.56. The van der Waals surface area contributed by atoms with Crippen molar-refractivity contribution in [2.75, 3.05) is 69.3 Å². The molecular weight excluding hydrogens is 603 g/mol. The standard InChI is InChI=1S/C32H34F3N7O4/c33-32(34,35)26-17-42(30(44)18-43)10-8-28(26)46-27-6-1-21(15-22(27)16-36)31-37-9-7-29(39-31)38-23-2-4-24(5-3-23)40-11-13-41(14-12-40)25-19-45-20-25/h1-7,9,15,25-26,28,43H,8,10-14,17-20H2,(H,37,38,39)/t26-,28+/m1/s1. The van der Waals surface area contributed by atoms with E-state index in [4.69, 9.17) is 14.6 Å². The summed E-state index contributed by atoms with van der Waals surface area (Å²) in [5, 5.41) is 22.2. The summed E-state index contributed by atoms with van der Waals surface area (Å²) in [6.45, 7) is 4.11. The fourth-order valence-corrected chi connectivity index (χ4v) is 5.98. The number of aromatic nitrogens is 2. The summed E-state index contributed by atoms with van der Waals surface area (Å²) in [7, 11) is 0. The summed E-state index contributed by atoms with van der Waals surface area (Å²) >= 11 is 0. The number of piperidine rings is 1. The lowest BCUT2D eigenvalue weighted by molar-refractivity contribution is -0.210. The Hall–Kier alpha value is -4.45. The summed E-state index contributed by atoms with van der Waals surface area (Å²) in [5.74, 6) is -1.89. The van der Waals surface area contributed by atoms with Crippen LogP contribution >= 0.6 is 0 Å². The molecule has 3 aliphatic rings. The van der Waals surface area contributed by atoms with E-state index in [1.165, 1.54) is 12.1 Å². The number of hydrogen-bond donors (Lipinski definition) is 2. The van der Waals surface area contributed by atoms with Crippen LogP contribution < -0.4 is 15.0 Å². The maximum Gasteiger partial charge on any atom is 0.397 e. The number of ether oxygens (including phenoxy) is 2. The Balaban J connectivity index is 1.11. The highest BCUT2D eigenvalue weighted by molar-refractivity contribution is 5.77. The number of nitriles is 1. The number of halogens is 3. The van der Waals surface area contributed by atoms with Crippen LogP contribution in [0.5, 0.6) is 5.75 Å². The molecule has 0 aliphatic carbocycles. The molecule has 3 aromatic rings. The topological polar surface area (TPSA) is 127 Å². The SMILES string of the molecule is N#Cc1cc(-c2nccc(Nc3ccc(N4CCN(C5COC5)CC4)cc3)n2)ccc1O[C@H]1CCN(C(=O)CO)C[C@H]1C(F)(F)F. The number of aliphatic hydroxyl groups is 1. The number of nitrogens with zero attached hydrogens (tertiary/aromatic N) is 6. The third-order valence-corrected chi connectivity index (χ3v) is 8.71. The van der Waals surface area contributed by atoms with Crippen molar-refractivity contribution < 1.29 is 32.5 Å². The number of aliphatic hydroxyl groups excluding tert-OH is 1. The quantitative estimate of drug-likeness (QED) is 0.379. The van der Waals surface area contributed by atoms with Gasteiger partial charge in [0.1, 0.15) is 36.3 Å². The van der Waals surface area contributed by atoms with E-state index in [1.54, 1.807) is 18.3 Å². The van der Waals surface area contributed by atoms with Crippen LogP contribution in [0.3, 0.4) is 0 Å². The minimum Gasteiger partial charge on any atom is -0.488 e. The number of likely N-dealkylation sites (tertiary alicyclic amines) is 1. The van der Waals surface area contributed by atoms with Crippen molar-refractivity contribution in [3.63, 3.8) is 0 Å². The zero-order valence-corrected chi connectivity index (χ0v) is 25.0. The van der Waals surface area contributed by atoms with Crippen molar-refractivity contribution in [1.82, 2.24) is 19.8 Å². The largest absolute Gasteiger partial charge is 0.488 e. The van der Waals surface area contributed by atoms with E-state index in [1.807, 2.05) is 18.2 Å². The van der Waals surface area contributed by atoms with Gasteiger partial charge in [0.15, 0.2) is 5.82 Å². The molecule has 2 atom stereocenters. The maximum atomic E-state index is 13.9. The van der Waals surface area contributed by atoms with Crippen LogP contribution in [0.4, 0.5) is 30.4 Å². The Morgan fingerprint density at radius 2 is 1.85 bits per heavy atom. The highest BCUT2D eigenvalue weighted by atomic mass is 19.4. The average molecular weight is 638 g/mol. The van der Waals surface area contributed by atoms with Gasteiger partial charge >= 0.3 is 6.18 Å². The van der Waals surface area contributed by atoms with Crippen LogP contribution in [0.1, 0.15) is 12.0 Å². The molecular formula is C32H34F3N7O4. The maximum absolute atomic E-state index is 13.9. The molecule has 11 nitrogen and oxygen atoms in total. The summed E-state index contributed by atoms with van der Waals surface area (Å²) in [5.41, 5.74) is 2.51. The fourth-order valence-electron chi connectivity index (χ4n) is 5.98. The molecule has 0 radical (unpaired) electrons. The normalized spacial score (nSPS) is 20.9. The zero-order chi connectivity index (χ0) is 32.3. The number of carbonyl (C=O) groups is 1. The predicted molar refractivity (Wildman–Crippen MR) is 163 cm³/mol. The van der Waals surface area contributed by atoms with Crippen LogP contribution in [0.15, 0.2) is 54.7 Å². The molecule has 1 aromatic heterocycles. The Bertz CT molecular complexity index is 1570. The number of alkyl halides is 3. The Labute approximate surface area is 264 Å². The molecule has 3 saturated heterocycles. The van der Waals surface area contributed by atoms with Gasteiger partial charge in [-0.3, -0.25) is 9.69 Å². The third kappa shape index (κ3) is 7.01. The summed E-state index contributed by atoms with van der Waals surface area (Å²) in [6.07, 6.45) is -4.47. The van der Waals surface area contributed by atoms with E-state index in [2.05, 4.69) is 37.2 Å². The number of rotatable bonds is 8. The van der Waals surface area contributed by atoms with Gasteiger partial charge < -0.3 is 29.7 Å². The van der Waals surface area contributed by atoms with Crippen LogP contribution in [0, 0.1) is 17.2 Å². The lowest BCUT2D eigenvalue weighted by Gasteiger charge is -2.43. The monoisotopic (exact) mass is 637 g/mol. The van der Waals surface area contributed by atoms with Gasteiger partial charge in [0.2, 0.25) is 5.91 Å². The second-order valence-corrected chi connectivity index (χ2v) is 11.6. The minimum absolute atomic E-state index is 0.000252. The molecule has 46 heavy (non-hydrogen) atoms. The summed E-state index contributed by atoms with van der Waals surface area (Å²) in [4.78, 5) is 26.6. The minimum atomic E-state index is -4.64. The molecule has 242 valence electrons. The van der Waals surface area contributed by atoms with Crippen molar-refractivity contribution in [2.45, 2.75) is 24.7 Å². The van der Waals surface area contributed by atoms with Crippen LogP contribution in [0.25, 0.3) is 11.4 Å². The first-order valence-corrected chi connectivity index (χ1v) is 15.1. The number of hydrogen-bond acceptors (Lipinski definition) is 10. The van der Waals surface area contributed by atoms with Gasteiger partial charge in [-0.2, -0.15) is 18.4 Å². The van der Waals surface area contributed by atoms with Crippen LogP contribution in [-0.2, 0) is 9.53 Å². The number of benzene rings is 2. The van der Waals surface area contributed by atoms with Gasteiger partial charge in [0.25, 0.3) is 0 Å². The van der Waals surface area contributed by atoms with Crippen molar-refractivity contribution in [3.8, 4) is 23.2 Å². The number of piperazine rings is 1. The first-order chi connectivity index (χ1) is 22.2.